The number of hydrogen-bond acceptors (Lipinski definition) is 5. The van der Waals surface area contributed by atoms with E-state index in [4.69, 9.17) is 0 Å². The Kier molecular flexibility index (Phi) is 4.69. The Labute approximate surface area is 154 Å². The molecule has 0 amide bonds. The molecular formula is C18H19F3N6. The molecule has 9 heteroatoms. The van der Waals surface area contributed by atoms with Gasteiger partial charge in [-0.3, -0.25) is 9.88 Å². The van der Waals surface area contributed by atoms with Gasteiger partial charge in [0.25, 0.3) is 0 Å². The van der Waals surface area contributed by atoms with E-state index in [0.29, 0.717) is 18.0 Å². The summed E-state index contributed by atoms with van der Waals surface area (Å²) in [5.74, 6) is 0.695. The van der Waals surface area contributed by atoms with Crippen molar-refractivity contribution in [2.24, 2.45) is 0 Å². The molecule has 1 atom stereocenters. The summed E-state index contributed by atoms with van der Waals surface area (Å²) in [4.78, 5) is 10.6. The number of rotatable bonds is 5. The number of likely N-dealkylation sites (tertiary alicyclic amines) is 1. The van der Waals surface area contributed by atoms with Gasteiger partial charge in [-0.25, -0.2) is 4.98 Å². The van der Waals surface area contributed by atoms with Crippen molar-refractivity contribution in [1.29, 1.82) is 0 Å². The fourth-order valence-corrected chi connectivity index (χ4v) is 3.48. The summed E-state index contributed by atoms with van der Waals surface area (Å²) in [6.45, 7) is 2.39. The first-order valence-corrected chi connectivity index (χ1v) is 8.81. The molecule has 1 aliphatic rings. The Morgan fingerprint density at radius 3 is 2.52 bits per heavy atom. The molecule has 0 bridgehead atoms. The molecule has 0 saturated carbocycles. The van der Waals surface area contributed by atoms with Gasteiger partial charge < -0.3 is 5.32 Å². The maximum atomic E-state index is 12.9. The molecule has 0 aliphatic carbocycles. The molecule has 1 unspecified atom stereocenters. The Morgan fingerprint density at radius 2 is 1.81 bits per heavy atom. The summed E-state index contributed by atoms with van der Waals surface area (Å²) in [5, 5.41) is 7.50. The smallest absolute Gasteiger partial charge is 0.367 e. The molecule has 1 fully saturated rings. The first kappa shape index (κ1) is 17.7. The van der Waals surface area contributed by atoms with Gasteiger partial charge in [0, 0.05) is 6.54 Å². The molecule has 6 nitrogen and oxygen atoms in total. The molecule has 4 rings (SSSR count). The van der Waals surface area contributed by atoms with Crippen molar-refractivity contribution < 1.29 is 13.2 Å². The van der Waals surface area contributed by atoms with Crippen molar-refractivity contribution in [2.75, 3.05) is 25.0 Å². The molecule has 3 aromatic rings. The second-order valence-corrected chi connectivity index (χ2v) is 6.58. The first-order chi connectivity index (χ1) is 13.0. The third-order valence-corrected chi connectivity index (χ3v) is 4.87. The van der Waals surface area contributed by atoms with Crippen LogP contribution in [0.5, 0.6) is 0 Å². The van der Waals surface area contributed by atoms with Crippen molar-refractivity contribution in [3.63, 3.8) is 0 Å². The van der Waals surface area contributed by atoms with E-state index < -0.39 is 11.7 Å². The van der Waals surface area contributed by atoms with Crippen molar-refractivity contribution in [1.82, 2.24) is 24.5 Å². The average molecular weight is 376 g/mol. The third-order valence-electron chi connectivity index (χ3n) is 4.87. The van der Waals surface area contributed by atoms with Crippen molar-refractivity contribution in [2.45, 2.75) is 25.1 Å². The Balaban J connectivity index is 1.57. The van der Waals surface area contributed by atoms with Crippen LogP contribution in [0.25, 0.3) is 5.65 Å². The Bertz CT molecular complexity index is 899. The summed E-state index contributed by atoms with van der Waals surface area (Å²) in [7, 11) is 0. The second-order valence-electron chi connectivity index (χ2n) is 6.58. The number of fused-ring (bicyclic) bond motifs is 1. The lowest BCUT2D eigenvalue weighted by Gasteiger charge is -2.28. The monoisotopic (exact) mass is 376 g/mol. The molecule has 1 N–H and O–H groups in total. The zero-order valence-corrected chi connectivity index (χ0v) is 14.5. The average Bonchev–Trinajstić information content (AvgIpc) is 3.34. The molecule has 27 heavy (non-hydrogen) atoms. The van der Waals surface area contributed by atoms with E-state index in [0.717, 1.165) is 43.6 Å². The highest BCUT2D eigenvalue weighted by atomic mass is 19.4. The van der Waals surface area contributed by atoms with E-state index in [1.807, 2.05) is 0 Å². The summed E-state index contributed by atoms with van der Waals surface area (Å²) >= 11 is 0. The number of alkyl halides is 3. The quantitative estimate of drug-likeness (QED) is 0.740. The number of nitrogens with one attached hydrogen (secondary N) is 1. The highest BCUT2D eigenvalue weighted by Gasteiger charge is 2.31. The number of hydrogen-bond donors (Lipinski definition) is 1. The Hall–Kier alpha value is -2.68. The van der Waals surface area contributed by atoms with Gasteiger partial charge >= 0.3 is 6.18 Å². The van der Waals surface area contributed by atoms with Crippen molar-refractivity contribution in [3.05, 3.63) is 54.1 Å². The lowest BCUT2D eigenvalue weighted by atomic mass is 10.0. The van der Waals surface area contributed by atoms with Gasteiger partial charge in [0.05, 0.1) is 24.0 Å². The summed E-state index contributed by atoms with van der Waals surface area (Å²) < 4.78 is 40.2. The van der Waals surface area contributed by atoms with Crippen LogP contribution in [0.15, 0.2) is 43.0 Å². The third kappa shape index (κ3) is 3.73. The molecular weight excluding hydrogens is 357 g/mol. The van der Waals surface area contributed by atoms with E-state index in [9.17, 15) is 13.2 Å². The summed E-state index contributed by atoms with van der Waals surface area (Å²) in [5.41, 5.74) is 0.861. The zero-order valence-electron chi connectivity index (χ0n) is 14.5. The van der Waals surface area contributed by atoms with Gasteiger partial charge in [-0.05, 0) is 43.6 Å². The largest absolute Gasteiger partial charge is 0.416 e. The standard InChI is InChI=1S/C18H19F3N6/c19-18(20,21)14-5-3-13(4-6-14)15(26-7-1-2-8-26)9-23-16-10-22-11-17-24-12-25-27(16)17/h3-6,10-12,15,23H,1-2,7-9H2. The van der Waals surface area contributed by atoms with Crippen LogP contribution in [0.3, 0.4) is 0 Å². The van der Waals surface area contributed by atoms with Crippen LogP contribution in [0.4, 0.5) is 19.0 Å². The molecule has 1 saturated heterocycles. The van der Waals surface area contributed by atoms with Gasteiger partial charge in [0.2, 0.25) is 0 Å². The number of anilines is 1. The zero-order chi connectivity index (χ0) is 18.9. The maximum absolute atomic E-state index is 12.9. The van der Waals surface area contributed by atoms with Gasteiger partial charge in [0.15, 0.2) is 5.65 Å². The number of aromatic nitrogens is 4. The SMILES string of the molecule is FC(F)(F)c1ccc(C(CNc2cncc3ncnn23)N2CCCC2)cc1. The van der Waals surface area contributed by atoms with E-state index in [1.165, 1.54) is 6.33 Å². The Morgan fingerprint density at radius 1 is 1.07 bits per heavy atom. The van der Waals surface area contributed by atoms with Crippen LogP contribution in [0.2, 0.25) is 0 Å². The van der Waals surface area contributed by atoms with Gasteiger partial charge in [-0.2, -0.15) is 22.8 Å². The second kappa shape index (κ2) is 7.15. The number of benzene rings is 1. The van der Waals surface area contributed by atoms with Gasteiger partial charge in [-0.15, -0.1) is 0 Å². The molecule has 0 spiro atoms. The van der Waals surface area contributed by atoms with Crippen LogP contribution in [0, 0.1) is 0 Å². The molecule has 2 aromatic heterocycles. The predicted octanol–water partition coefficient (Wildman–Crippen LogP) is 3.39. The fraction of sp³-hybridized carbons (Fsp3) is 0.389. The number of nitrogens with zero attached hydrogens (tertiary/aromatic N) is 5. The lowest BCUT2D eigenvalue weighted by Crippen LogP contribution is -2.31. The highest BCUT2D eigenvalue weighted by molar-refractivity contribution is 5.44. The van der Waals surface area contributed by atoms with Gasteiger partial charge in [0.1, 0.15) is 12.1 Å². The van der Waals surface area contributed by atoms with Crippen LogP contribution >= 0.6 is 0 Å². The summed E-state index contributed by atoms with van der Waals surface area (Å²) in [6, 6.07) is 5.41. The van der Waals surface area contributed by atoms with Crippen molar-refractivity contribution >= 4 is 11.5 Å². The first-order valence-electron chi connectivity index (χ1n) is 8.81. The fourth-order valence-electron chi connectivity index (χ4n) is 3.48. The van der Waals surface area contributed by atoms with Crippen LogP contribution < -0.4 is 5.32 Å². The topological polar surface area (TPSA) is 58.4 Å². The maximum Gasteiger partial charge on any atom is 0.416 e. The van der Waals surface area contributed by atoms with E-state index in [1.54, 1.807) is 29.0 Å². The molecule has 0 radical (unpaired) electrons. The molecule has 142 valence electrons. The molecule has 1 aliphatic heterocycles. The normalized spacial score (nSPS) is 16.7. The van der Waals surface area contributed by atoms with Gasteiger partial charge in [-0.1, -0.05) is 12.1 Å². The minimum Gasteiger partial charge on any atom is -0.367 e. The van der Waals surface area contributed by atoms with Crippen molar-refractivity contribution in [3.8, 4) is 0 Å². The number of halogens is 3. The molecule has 3 heterocycles. The van der Waals surface area contributed by atoms with Crippen LogP contribution in [0.1, 0.15) is 30.0 Å². The van der Waals surface area contributed by atoms with E-state index in [2.05, 4.69) is 25.3 Å². The minimum atomic E-state index is -4.33. The summed E-state index contributed by atoms with van der Waals surface area (Å²) in [6.07, 6.45) is 2.60. The van der Waals surface area contributed by atoms with Crippen LogP contribution in [-0.2, 0) is 6.18 Å². The minimum absolute atomic E-state index is 0.0337. The highest BCUT2D eigenvalue weighted by Crippen LogP contribution is 2.32. The predicted molar refractivity (Wildman–Crippen MR) is 94.3 cm³/mol. The molecule has 1 aromatic carbocycles. The van der Waals surface area contributed by atoms with E-state index >= 15 is 0 Å². The van der Waals surface area contributed by atoms with Crippen LogP contribution in [-0.4, -0.2) is 44.1 Å². The van der Waals surface area contributed by atoms with E-state index in [-0.39, 0.29) is 6.04 Å². The lowest BCUT2D eigenvalue weighted by molar-refractivity contribution is -0.137.